The SMILES string of the molecule is C=CCN(C(=O)[C@H]1[C@@H]2SC3(CC2Br)C(C(=O)N(CC=C)C(C)(C)C)N([C@@H](CO)C(C)C)C(=O)[C@H]13)c1ccccc1. The Morgan fingerprint density at radius 2 is 1.80 bits per heavy atom. The van der Waals surface area contributed by atoms with E-state index in [1.165, 1.54) is 0 Å². The summed E-state index contributed by atoms with van der Waals surface area (Å²) in [5.41, 5.74) is 0.232. The van der Waals surface area contributed by atoms with Crippen molar-refractivity contribution in [3.63, 3.8) is 0 Å². The molecule has 3 heterocycles. The van der Waals surface area contributed by atoms with Crippen molar-refractivity contribution >= 4 is 51.1 Å². The summed E-state index contributed by atoms with van der Waals surface area (Å²) >= 11 is 5.47. The molecule has 0 aliphatic carbocycles. The minimum Gasteiger partial charge on any atom is -0.394 e. The van der Waals surface area contributed by atoms with Crippen LogP contribution in [-0.4, -0.2) is 84.8 Å². The van der Waals surface area contributed by atoms with E-state index in [1.807, 2.05) is 65.0 Å². The Labute approximate surface area is 251 Å². The van der Waals surface area contributed by atoms with E-state index < -0.39 is 34.2 Å². The lowest BCUT2D eigenvalue weighted by molar-refractivity contribution is -0.149. The molecule has 0 saturated carbocycles. The molecule has 3 saturated heterocycles. The molecule has 7 atom stereocenters. The molecule has 4 rings (SSSR count). The molecule has 9 heteroatoms. The van der Waals surface area contributed by atoms with Gasteiger partial charge in [0.05, 0.1) is 29.2 Å². The molecule has 1 spiro atoms. The van der Waals surface area contributed by atoms with Gasteiger partial charge in [0, 0.05) is 34.4 Å². The molecule has 0 aromatic heterocycles. The van der Waals surface area contributed by atoms with Crippen molar-refractivity contribution in [3.05, 3.63) is 55.6 Å². The van der Waals surface area contributed by atoms with Crippen molar-refractivity contribution in [1.82, 2.24) is 9.80 Å². The number of carbonyl (C=O) groups is 3. The summed E-state index contributed by atoms with van der Waals surface area (Å²) in [6.45, 7) is 18.0. The third-order valence-electron chi connectivity index (χ3n) is 8.59. The van der Waals surface area contributed by atoms with Gasteiger partial charge < -0.3 is 19.8 Å². The zero-order valence-electron chi connectivity index (χ0n) is 24.1. The molecule has 3 fully saturated rings. The molecule has 7 nitrogen and oxygen atoms in total. The lowest BCUT2D eigenvalue weighted by atomic mass is 9.70. The second kappa shape index (κ2) is 11.6. The minimum atomic E-state index is -0.804. The molecular weight excluding hydrogens is 590 g/mol. The van der Waals surface area contributed by atoms with Gasteiger partial charge in [0.15, 0.2) is 0 Å². The Balaban J connectivity index is 1.86. The fraction of sp³-hybridized carbons (Fsp3) is 0.581. The zero-order chi connectivity index (χ0) is 29.6. The van der Waals surface area contributed by atoms with E-state index in [-0.39, 0.29) is 40.3 Å². The summed E-state index contributed by atoms with van der Waals surface area (Å²) in [5, 5.41) is 10.3. The van der Waals surface area contributed by atoms with Crippen LogP contribution in [0.3, 0.4) is 0 Å². The third kappa shape index (κ3) is 4.96. The predicted molar refractivity (Wildman–Crippen MR) is 165 cm³/mol. The van der Waals surface area contributed by atoms with E-state index in [2.05, 4.69) is 29.1 Å². The summed E-state index contributed by atoms with van der Waals surface area (Å²) in [4.78, 5) is 48.7. The van der Waals surface area contributed by atoms with Crippen LogP contribution in [0.25, 0.3) is 0 Å². The smallest absolute Gasteiger partial charge is 0.247 e. The van der Waals surface area contributed by atoms with Crippen LogP contribution in [0.2, 0.25) is 0 Å². The summed E-state index contributed by atoms with van der Waals surface area (Å²) in [7, 11) is 0. The maximum atomic E-state index is 14.6. The molecule has 0 radical (unpaired) electrons. The Morgan fingerprint density at radius 3 is 2.33 bits per heavy atom. The molecule has 2 bridgehead atoms. The number of rotatable bonds is 10. The number of aliphatic hydroxyl groups excluding tert-OH is 1. The highest BCUT2D eigenvalue weighted by atomic mass is 79.9. The maximum Gasteiger partial charge on any atom is 0.247 e. The van der Waals surface area contributed by atoms with Crippen molar-refractivity contribution in [1.29, 1.82) is 0 Å². The average Bonchev–Trinajstić information content (AvgIpc) is 3.49. The normalized spacial score (nSPS) is 29.9. The summed E-state index contributed by atoms with van der Waals surface area (Å²) < 4.78 is -0.795. The monoisotopic (exact) mass is 631 g/mol. The van der Waals surface area contributed by atoms with Gasteiger partial charge in [-0.3, -0.25) is 14.4 Å². The summed E-state index contributed by atoms with van der Waals surface area (Å²) in [6.07, 6.45) is 3.99. The van der Waals surface area contributed by atoms with Crippen LogP contribution in [0.4, 0.5) is 5.69 Å². The standard InChI is InChI=1S/C31H42BrN3O4S/c1-8-15-33(20-13-11-10-12-14-20)27(37)23-24-28(38)35(22(18-36)19(3)4)26(31(24)17-21(32)25(23)40-31)29(39)34(16-9-2)30(5,6)7/h8-14,19,21-26,36H,1-2,15-18H2,3-7H3/t21?,22-,23+,24-,25+,26?,31?/m0/s1. The number of aliphatic hydroxyl groups is 1. The lowest BCUT2D eigenvalue weighted by Gasteiger charge is -2.44. The van der Waals surface area contributed by atoms with Gasteiger partial charge in [0.1, 0.15) is 6.04 Å². The number of carbonyl (C=O) groups excluding carboxylic acids is 3. The Kier molecular flexibility index (Phi) is 8.98. The van der Waals surface area contributed by atoms with Gasteiger partial charge in [-0.25, -0.2) is 0 Å². The molecule has 218 valence electrons. The second-order valence-corrected chi connectivity index (χ2v) is 15.1. The van der Waals surface area contributed by atoms with Crippen LogP contribution < -0.4 is 4.90 Å². The quantitative estimate of drug-likeness (QED) is 0.304. The Hall–Kier alpha value is -2.10. The van der Waals surface area contributed by atoms with Gasteiger partial charge in [-0.2, -0.15) is 0 Å². The fourth-order valence-electron chi connectivity index (χ4n) is 6.82. The number of thioether (sulfide) groups is 1. The van der Waals surface area contributed by atoms with Crippen molar-refractivity contribution in [2.24, 2.45) is 17.8 Å². The molecule has 1 N–H and O–H groups in total. The van der Waals surface area contributed by atoms with Gasteiger partial charge in [-0.15, -0.1) is 24.9 Å². The van der Waals surface area contributed by atoms with Crippen LogP contribution in [-0.2, 0) is 14.4 Å². The number of alkyl halides is 1. The first-order valence-corrected chi connectivity index (χ1v) is 15.8. The van der Waals surface area contributed by atoms with Crippen molar-refractivity contribution < 1.29 is 19.5 Å². The highest BCUT2D eigenvalue weighted by Gasteiger charge is 2.76. The molecule has 1 aromatic rings. The number of hydrogen-bond donors (Lipinski definition) is 1. The first-order chi connectivity index (χ1) is 18.8. The molecule has 40 heavy (non-hydrogen) atoms. The fourth-order valence-corrected chi connectivity index (χ4v) is 10.4. The van der Waals surface area contributed by atoms with Crippen LogP contribution in [0.1, 0.15) is 41.0 Å². The molecular formula is C31H42BrN3O4S. The van der Waals surface area contributed by atoms with Gasteiger partial charge in [-0.1, -0.05) is 60.1 Å². The van der Waals surface area contributed by atoms with Crippen LogP contribution >= 0.6 is 27.7 Å². The first-order valence-electron chi connectivity index (χ1n) is 14.0. The molecule has 3 aliphatic rings. The zero-order valence-corrected chi connectivity index (χ0v) is 26.5. The van der Waals surface area contributed by atoms with E-state index in [0.29, 0.717) is 19.5 Å². The van der Waals surface area contributed by atoms with Crippen LogP contribution in [0.5, 0.6) is 0 Å². The number of likely N-dealkylation sites (tertiary alicyclic amines) is 1. The van der Waals surface area contributed by atoms with Gasteiger partial charge in [0.2, 0.25) is 17.7 Å². The summed E-state index contributed by atoms with van der Waals surface area (Å²) in [5.74, 6) is -1.88. The van der Waals surface area contributed by atoms with Gasteiger partial charge in [0.25, 0.3) is 0 Å². The number of anilines is 1. The number of hydrogen-bond acceptors (Lipinski definition) is 5. The molecule has 3 aliphatic heterocycles. The molecule has 1 aromatic carbocycles. The second-order valence-electron chi connectivity index (χ2n) is 12.4. The maximum absolute atomic E-state index is 14.6. The van der Waals surface area contributed by atoms with Crippen LogP contribution in [0, 0.1) is 17.8 Å². The number of halogens is 1. The molecule has 3 unspecified atom stereocenters. The Morgan fingerprint density at radius 1 is 1.18 bits per heavy atom. The summed E-state index contributed by atoms with van der Waals surface area (Å²) in [6, 6.07) is 8.09. The first kappa shape index (κ1) is 30.8. The van der Waals surface area contributed by atoms with E-state index in [0.717, 1.165) is 5.69 Å². The third-order valence-corrected chi connectivity index (χ3v) is 11.8. The minimum absolute atomic E-state index is 0.0405. The van der Waals surface area contributed by atoms with Crippen molar-refractivity contribution in [2.45, 2.75) is 73.5 Å². The number of benzene rings is 1. The number of fused-ring (bicyclic) bond motifs is 1. The van der Waals surface area contributed by atoms with Gasteiger partial charge in [-0.05, 0) is 45.2 Å². The highest BCUT2D eigenvalue weighted by Crippen LogP contribution is 2.68. The van der Waals surface area contributed by atoms with E-state index in [1.54, 1.807) is 38.6 Å². The van der Waals surface area contributed by atoms with E-state index >= 15 is 0 Å². The predicted octanol–water partition coefficient (Wildman–Crippen LogP) is 4.50. The van der Waals surface area contributed by atoms with Crippen LogP contribution in [0.15, 0.2) is 55.6 Å². The lowest BCUT2D eigenvalue weighted by Crippen LogP contribution is -2.61. The largest absolute Gasteiger partial charge is 0.394 e. The molecule has 3 amide bonds. The average molecular weight is 633 g/mol. The number of nitrogens with zero attached hydrogens (tertiary/aromatic N) is 3. The number of amides is 3. The van der Waals surface area contributed by atoms with Crippen molar-refractivity contribution in [2.75, 3.05) is 24.6 Å². The van der Waals surface area contributed by atoms with Gasteiger partial charge >= 0.3 is 0 Å². The van der Waals surface area contributed by atoms with Crippen molar-refractivity contribution in [3.8, 4) is 0 Å². The van der Waals surface area contributed by atoms with E-state index in [4.69, 9.17) is 0 Å². The highest BCUT2D eigenvalue weighted by molar-refractivity contribution is 9.09. The number of para-hydroxylation sites is 1. The topological polar surface area (TPSA) is 81.2 Å². The Bertz CT molecular complexity index is 1150. The van der Waals surface area contributed by atoms with E-state index in [9.17, 15) is 19.5 Å².